The molecule has 1 aromatic rings. The van der Waals surface area contributed by atoms with Crippen LogP contribution in [-0.4, -0.2) is 37.9 Å². The Morgan fingerprint density at radius 3 is 2.25 bits per heavy atom. The van der Waals surface area contributed by atoms with Gasteiger partial charge in [0.1, 0.15) is 0 Å². The molecule has 1 heterocycles. The summed E-state index contributed by atoms with van der Waals surface area (Å²) in [6.45, 7) is 5.55. The van der Waals surface area contributed by atoms with Crippen molar-refractivity contribution in [1.29, 1.82) is 0 Å². The summed E-state index contributed by atoms with van der Waals surface area (Å²) in [6, 6.07) is 7.69. The molecule has 0 saturated carbocycles. The number of rotatable bonds is 10. The zero-order chi connectivity index (χ0) is 23.5. The Morgan fingerprint density at radius 2 is 1.59 bits per heavy atom. The van der Waals surface area contributed by atoms with E-state index >= 15 is 0 Å². The van der Waals surface area contributed by atoms with Gasteiger partial charge >= 0.3 is 5.97 Å². The molecule has 1 aromatic carbocycles. The second kappa shape index (κ2) is 12.7. The van der Waals surface area contributed by atoms with E-state index in [1.807, 2.05) is 24.3 Å². The van der Waals surface area contributed by atoms with Crippen molar-refractivity contribution in [2.75, 3.05) is 14.2 Å². The average Bonchev–Trinajstić information content (AvgIpc) is 2.79. The topological polar surface area (TPSA) is 54.0 Å². The predicted molar refractivity (Wildman–Crippen MR) is 125 cm³/mol. The van der Waals surface area contributed by atoms with Crippen LogP contribution in [0.3, 0.4) is 0 Å². The van der Waals surface area contributed by atoms with Gasteiger partial charge in [0.2, 0.25) is 5.79 Å². The van der Waals surface area contributed by atoms with E-state index < -0.39 is 23.6 Å². The van der Waals surface area contributed by atoms with E-state index in [9.17, 15) is 4.79 Å². The molecule has 0 amide bonds. The van der Waals surface area contributed by atoms with Gasteiger partial charge in [0, 0.05) is 39.5 Å². The van der Waals surface area contributed by atoms with Crippen molar-refractivity contribution in [2.45, 2.75) is 89.8 Å². The molecule has 1 saturated heterocycles. The third-order valence-electron chi connectivity index (χ3n) is 5.92. The molecule has 0 radical (unpaired) electrons. The van der Waals surface area contributed by atoms with Gasteiger partial charge in [-0.1, -0.05) is 63.0 Å². The van der Waals surface area contributed by atoms with Crippen LogP contribution in [-0.2, 0) is 30.2 Å². The van der Waals surface area contributed by atoms with Crippen LogP contribution >= 0.6 is 0 Å². The van der Waals surface area contributed by atoms with Crippen LogP contribution in [0.15, 0.2) is 24.3 Å². The Bertz CT molecular complexity index is 854. The summed E-state index contributed by atoms with van der Waals surface area (Å²) >= 11 is 0. The molecule has 0 aromatic heterocycles. The molecule has 1 aliphatic heterocycles. The minimum Gasteiger partial charge on any atom is -0.425 e. The average molecular weight is 441 g/mol. The fourth-order valence-electron chi connectivity index (χ4n) is 3.50. The number of esters is 1. The highest BCUT2D eigenvalue weighted by atomic mass is 16.8. The van der Waals surface area contributed by atoms with E-state index in [2.05, 4.69) is 30.6 Å². The number of cyclic esters (lactones) is 1. The van der Waals surface area contributed by atoms with Crippen molar-refractivity contribution >= 4 is 5.97 Å². The Kier molecular flexibility index (Phi) is 10.3. The molecule has 2 rings (SSSR count). The highest BCUT2D eigenvalue weighted by Crippen LogP contribution is 2.37. The second-order valence-electron chi connectivity index (χ2n) is 8.30. The number of ether oxygens (including phenoxy) is 4. The molecule has 1 fully saturated rings. The number of hydrogen-bond acceptors (Lipinski definition) is 5. The molecule has 32 heavy (non-hydrogen) atoms. The fourth-order valence-corrected chi connectivity index (χ4v) is 3.50. The molecule has 1 aliphatic rings. The maximum absolute atomic E-state index is 12.4. The molecule has 0 N–H and O–H groups in total. The van der Waals surface area contributed by atoms with Crippen LogP contribution in [0.1, 0.15) is 76.8 Å². The van der Waals surface area contributed by atoms with Gasteiger partial charge in [-0.05, 0) is 42.9 Å². The normalized spacial score (nSPS) is 24.7. The maximum Gasteiger partial charge on any atom is 0.338 e. The van der Waals surface area contributed by atoms with Crippen molar-refractivity contribution in [3.8, 4) is 23.7 Å². The fraction of sp³-hybridized carbons (Fsp3) is 0.593. The minimum atomic E-state index is -1.31. The summed E-state index contributed by atoms with van der Waals surface area (Å²) in [4.78, 5) is 12.4. The molecule has 174 valence electrons. The first kappa shape index (κ1) is 25.9. The molecule has 0 aliphatic carbocycles. The van der Waals surface area contributed by atoms with E-state index in [-0.39, 0.29) is 0 Å². The lowest BCUT2D eigenvalue weighted by molar-refractivity contribution is -0.405. The van der Waals surface area contributed by atoms with Gasteiger partial charge < -0.3 is 18.9 Å². The highest BCUT2D eigenvalue weighted by molar-refractivity contribution is 5.76. The van der Waals surface area contributed by atoms with Gasteiger partial charge in [-0.15, -0.1) is 0 Å². The molecule has 0 unspecified atom stereocenters. The van der Waals surface area contributed by atoms with Gasteiger partial charge in [0.25, 0.3) is 5.79 Å². The van der Waals surface area contributed by atoms with Gasteiger partial charge in [-0.3, -0.25) is 0 Å². The van der Waals surface area contributed by atoms with Crippen LogP contribution in [0.25, 0.3) is 0 Å². The van der Waals surface area contributed by atoms with E-state index in [0.717, 1.165) is 24.0 Å². The SMILES string of the molecule is CCCCCCCCC#CC#Cc1ccc(C[C@H]2O[C@](C)(OC)[C@@](C)(OC)OC2=O)cc1. The van der Waals surface area contributed by atoms with Crippen molar-refractivity contribution in [3.63, 3.8) is 0 Å². The summed E-state index contributed by atoms with van der Waals surface area (Å²) in [6.07, 6.45) is 8.10. The lowest BCUT2D eigenvalue weighted by Crippen LogP contribution is -2.64. The first-order valence-corrected chi connectivity index (χ1v) is 11.5. The zero-order valence-electron chi connectivity index (χ0n) is 20.1. The number of carbonyl (C=O) groups is 1. The summed E-state index contributed by atoms with van der Waals surface area (Å²) in [5.74, 6) is 9.03. The molecule has 5 nitrogen and oxygen atoms in total. The Morgan fingerprint density at radius 1 is 0.938 bits per heavy atom. The standard InChI is InChI=1S/C27H36O5/c1-6-7-8-9-10-11-12-13-14-15-16-22-17-19-23(20-18-22)21-24-25(28)32-27(3,30-5)26(2,29-4)31-24/h17-20,24H,6-12,21H2,1-5H3/t24-,26+,27+/m1/s1. The Labute approximate surface area is 193 Å². The number of benzene rings is 1. The molecule has 5 heteroatoms. The lowest BCUT2D eigenvalue weighted by Gasteiger charge is -2.47. The van der Waals surface area contributed by atoms with Crippen LogP contribution in [0.4, 0.5) is 0 Å². The van der Waals surface area contributed by atoms with E-state index in [1.54, 1.807) is 13.8 Å². The van der Waals surface area contributed by atoms with Crippen LogP contribution in [0, 0.1) is 23.7 Å². The van der Waals surface area contributed by atoms with Gasteiger partial charge in [-0.2, -0.15) is 0 Å². The van der Waals surface area contributed by atoms with Crippen molar-refractivity contribution in [1.82, 2.24) is 0 Å². The largest absolute Gasteiger partial charge is 0.425 e. The number of carbonyl (C=O) groups excluding carboxylic acids is 1. The maximum atomic E-state index is 12.4. The van der Waals surface area contributed by atoms with Crippen molar-refractivity contribution in [2.24, 2.45) is 0 Å². The van der Waals surface area contributed by atoms with Crippen LogP contribution in [0.2, 0.25) is 0 Å². The van der Waals surface area contributed by atoms with E-state index in [1.165, 1.54) is 46.3 Å². The zero-order valence-corrected chi connectivity index (χ0v) is 20.1. The molecular weight excluding hydrogens is 404 g/mol. The smallest absolute Gasteiger partial charge is 0.338 e. The lowest BCUT2D eigenvalue weighted by atomic mass is 10.0. The quantitative estimate of drug-likeness (QED) is 0.291. The molecule has 0 spiro atoms. The van der Waals surface area contributed by atoms with Crippen LogP contribution < -0.4 is 0 Å². The van der Waals surface area contributed by atoms with E-state index in [4.69, 9.17) is 18.9 Å². The van der Waals surface area contributed by atoms with Gasteiger partial charge in [-0.25, -0.2) is 4.79 Å². The van der Waals surface area contributed by atoms with Gasteiger partial charge in [0.15, 0.2) is 6.10 Å². The number of hydrogen-bond donors (Lipinski definition) is 0. The van der Waals surface area contributed by atoms with Crippen molar-refractivity contribution in [3.05, 3.63) is 35.4 Å². The number of methoxy groups -OCH3 is 2. The van der Waals surface area contributed by atoms with Gasteiger partial charge in [0.05, 0.1) is 0 Å². The molecular formula is C27H36O5. The monoisotopic (exact) mass is 440 g/mol. The third kappa shape index (κ3) is 7.10. The van der Waals surface area contributed by atoms with E-state index in [0.29, 0.717) is 6.42 Å². The Hall–Kier alpha value is -2.31. The molecule has 0 bridgehead atoms. The van der Waals surface area contributed by atoms with Crippen molar-refractivity contribution < 1.29 is 23.7 Å². The highest BCUT2D eigenvalue weighted by Gasteiger charge is 2.57. The summed E-state index contributed by atoms with van der Waals surface area (Å²) < 4.78 is 22.3. The first-order chi connectivity index (χ1) is 15.4. The minimum absolute atomic E-state index is 0.364. The first-order valence-electron chi connectivity index (χ1n) is 11.5. The molecule has 3 atom stereocenters. The third-order valence-corrected chi connectivity index (χ3v) is 5.92. The predicted octanol–water partition coefficient (Wildman–Crippen LogP) is 5.00. The summed E-state index contributed by atoms with van der Waals surface area (Å²) in [7, 11) is 2.95. The summed E-state index contributed by atoms with van der Waals surface area (Å²) in [5.41, 5.74) is 1.81. The Balaban J connectivity index is 1.86. The van der Waals surface area contributed by atoms with Crippen LogP contribution in [0.5, 0.6) is 0 Å². The second-order valence-corrected chi connectivity index (χ2v) is 8.30. The number of unbranched alkanes of at least 4 members (excludes halogenated alkanes) is 6. The summed E-state index contributed by atoms with van der Waals surface area (Å²) in [5, 5.41) is 0.